The molecule has 0 bridgehead atoms. The number of ether oxygens (including phenoxy) is 1. The minimum absolute atomic E-state index is 0.0877. The summed E-state index contributed by atoms with van der Waals surface area (Å²) < 4.78 is 6.37. The highest BCUT2D eigenvalue weighted by atomic mass is 32.2. The van der Waals surface area contributed by atoms with Crippen molar-refractivity contribution in [3.63, 3.8) is 0 Å². The van der Waals surface area contributed by atoms with Crippen molar-refractivity contribution >= 4 is 46.0 Å². The zero-order valence-corrected chi connectivity index (χ0v) is 25.6. The average molecular weight is 605 g/mol. The van der Waals surface area contributed by atoms with Crippen molar-refractivity contribution in [2.24, 2.45) is 0 Å². The molecule has 0 saturated carbocycles. The van der Waals surface area contributed by atoms with Crippen molar-refractivity contribution in [2.75, 3.05) is 46.2 Å². The van der Waals surface area contributed by atoms with E-state index in [0.717, 1.165) is 26.8 Å². The summed E-state index contributed by atoms with van der Waals surface area (Å²) in [6, 6.07) is 12.4. The van der Waals surface area contributed by atoms with Gasteiger partial charge >= 0.3 is 0 Å². The Bertz CT molecular complexity index is 1550. The second kappa shape index (κ2) is 13.7. The van der Waals surface area contributed by atoms with Crippen molar-refractivity contribution in [3.8, 4) is 11.8 Å². The van der Waals surface area contributed by atoms with Crippen LogP contribution in [-0.4, -0.2) is 84.3 Å². The lowest BCUT2D eigenvalue weighted by Crippen LogP contribution is -2.55. The van der Waals surface area contributed by atoms with Crippen LogP contribution in [0.25, 0.3) is 0 Å². The fraction of sp³-hybridized carbons (Fsp3) is 0.300. The molecule has 1 aromatic heterocycles. The number of carbonyl (C=O) groups is 3. The summed E-state index contributed by atoms with van der Waals surface area (Å²) in [5.74, 6) is -0.430. The van der Waals surface area contributed by atoms with E-state index in [1.54, 1.807) is 29.3 Å². The second-order valence-corrected chi connectivity index (χ2v) is 12.3. The van der Waals surface area contributed by atoms with Crippen LogP contribution in [0.15, 0.2) is 64.4 Å². The lowest BCUT2D eigenvalue weighted by molar-refractivity contribution is -0.129. The summed E-state index contributed by atoms with van der Waals surface area (Å²) in [6.45, 7) is 6.76. The van der Waals surface area contributed by atoms with Crippen LogP contribution in [0.5, 0.6) is 5.75 Å². The van der Waals surface area contributed by atoms with Crippen LogP contribution in [0.2, 0.25) is 0 Å². The summed E-state index contributed by atoms with van der Waals surface area (Å²) in [6.07, 6.45) is 2.86. The molecule has 0 unspecified atom stereocenters. The molecular formula is C30H32N6O4S2. The van der Waals surface area contributed by atoms with E-state index in [4.69, 9.17) is 4.74 Å². The molecule has 2 heterocycles. The number of carbonyl (C=O) groups excluding carboxylic acids is 3. The molecule has 4 rings (SSSR count). The predicted octanol–water partition coefficient (Wildman–Crippen LogP) is 4.29. The van der Waals surface area contributed by atoms with Gasteiger partial charge in [-0.3, -0.25) is 19.7 Å². The van der Waals surface area contributed by atoms with E-state index < -0.39 is 6.04 Å². The Morgan fingerprint density at radius 1 is 1.29 bits per heavy atom. The molecule has 2 aromatic carbocycles. The summed E-state index contributed by atoms with van der Waals surface area (Å²) in [5, 5.41) is 13.0. The largest absolute Gasteiger partial charge is 0.496 e. The number of amides is 3. The van der Waals surface area contributed by atoms with Crippen LogP contribution < -0.4 is 10.1 Å². The highest BCUT2D eigenvalue weighted by molar-refractivity contribution is 8.01. The number of hydrogen-bond donors (Lipinski definition) is 1. The molecule has 42 heavy (non-hydrogen) atoms. The molecule has 1 atom stereocenters. The average Bonchev–Trinajstić information content (AvgIpc) is 3.43. The van der Waals surface area contributed by atoms with Gasteiger partial charge in [0.25, 0.3) is 11.8 Å². The Labute approximate surface area is 253 Å². The molecule has 1 saturated heterocycles. The highest BCUT2D eigenvalue weighted by Crippen LogP contribution is 2.38. The molecule has 10 nitrogen and oxygen atoms in total. The number of nitrogens with zero attached hydrogens (tertiary/aromatic N) is 5. The molecule has 1 N–H and O–H groups in total. The smallest absolute Gasteiger partial charge is 0.257 e. The van der Waals surface area contributed by atoms with Crippen LogP contribution in [-0.2, 0) is 11.3 Å². The van der Waals surface area contributed by atoms with Gasteiger partial charge in [-0.05, 0) is 62.5 Å². The Kier molecular flexibility index (Phi) is 10.0. The Morgan fingerprint density at radius 2 is 2.07 bits per heavy atom. The first kappa shape index (κ1) is 30.8. The van der Waals surface area contributed by atoms with E-state index in [9.17, 15) is 19.6 Å². The Hall–Kier alpha value is -4.18. The highest BCUT2D eigenvalue weighted by Gasteiger charge is 2.33. The van der Waals surface area contributed by atoms with Crippen LogP contribution in [0.4, 0.5) is 5.13 Å². The number of aromatic nitrogens is 1. The number of aryl methyl sites for hydroxylation is 1. The lowest BCUT2D eigenvalue weighted by Gasteiger charge is -2.38. The summed E-state index contributed by atoms with van der Waals surface area (Å²) in [4.78, 5) is 48.8. The quantitative estimate of drug-likeness (QED) is 0.360. The van der Waals surface area contributed by atoms with Gasteiger partial charge in [0.1, 0.15) is 11.8 Å². The van der Waals surface area contributed by atoms with Gasteiger partial charge < -0.3 is 19.4 Å². The zero-order valence-electron chi connectivity index (χ0n) is 23.9. The number of nitriles is 1. The number of hydrogen-bond acceptors (Lipinski definition) is 9. The molecule has 0 aliphatic carbocycles. The summed E-state index contributed by atoms with van der Waals surface area (Å²) in [5.41, 5.74) is 2.86. The van der Waals surface area contributed by atoms with Crippen LogP contribution in [0, 0.1) is 18.3 Å². The van der Waals surface area contributed by atoms with Crippen LogP contribution in [0.1, 0.15) is 31.8 Å². The van der Waals surface area contributed by atoms with E-state index in [0.29, 0.717) is 22.0 Å². The van der Waals surface area contributed by atoms with Gasteiger partial charge in [0.15, 0.2) is 5.13 Å². The number of piperazine rings is 1. The second-order valence-electron chi connectivity index (χ2n) is 9.93. The first-order valence-corrected chi connectivity index (χ1v) is 14.8. The van der Waals surface area contributed by atoms with E-state index in [1.165, 1.54) is 41.2 Å². The molecule has 12 heteroatoms. The maximum atomic E-state index is 13.6. The third-order valence-corrected chi connectivity index (χ3v) is 8.78. The molecule has 218 valence electrons. The van der Waals surface area contributed by atoms with Gasteiger partial charge in [0, 0.05) is 30.1 Å². The number of rotatable bonds is 9. The number of anilines is 1. The van der Waals surface area contributed by atoms with Gasteiger partial charge in [-0.2, -0.15) is 5.26 Å². The van der Waals surface area contributed by atoms with Gasteiger partial charge in [-0.1, -0.05) is 41.8 Å². The van der Waals surface area contributed by atoms with Crippen molar-refractivity contribution in [1.82, 2.24) is 19.7 Å². The van der Waals surface area contributed by atoms with Gasteiger partial charge in [-0.15, -0.1) is 0 Å². The maximum Gasteiger partial charge on any atom is 0.257 e. The first-order chi connectivity index (χ1) is 20.1. The van der Waals surface area contributed by atoms with Gasteiger partial charge in [0.2, 0.25) is 5.91 Å². The Balaban J connectivity index is 1.49. The number of nitrogens with one attached hydrogen (secondary N) is 1. The van der Waals surface area contributed by atoms with E-state index in [-0.39, 0.29) is 37.4 Å². The maximum absolute atomic E-state index is 13.6. The van der Waals surface area contributed by atoms with Crippen molar-refractivity contribution in [2.45, 2.75) is 28.6 Å². The monoisotopic (exact) mass is 604 g/mol. The number of methoxy groups -OCH3 is 1. The normalized spacial score (nSPS) is 14.8. The fourth-order valence-electron chi connectivity index (χ4n) is 4.55. The molecule has 0 radical (unpaired) electrons. The molecule has 1 aliphatic heterocycles. The Morgan fingerprint density at radius 3 is 2.76 bits per heavy atom. The van der Waals surface area contributed by atoms with Gasteiger partial charge in [0.05, 0.1) is 35.7 Å². The first-order valence-electron chi connectivity index (χ1n) is 13.1. The van der Waals surface area contributed by atoms with E-state index in [1.807, 2.05) is 44.1 Å². The lowest BCUT2D eigenvalue weighted by atomic mass is 10.1. The molecule has 1 aliphatic rings. The molecule has 0 spiro atoms. The third-order valence-electron chi connectivity index (χ3n) is 6.61. The topological polar surface area (TPSA) is 119 Å². The van der Waals surface area contributed by atoms with Crippen molar-refractivity contribution in [3.05, 3.63) is 77.5 Å². The van der Waals surface area contributed by atoms with Gasteiger partial charge in [-0.25, -0.2) is 4.98 Å². The van der Waals surface area contributed by atoms with E-state index >= 15 is 0 Å². The van der Waals surface area contributed by atoms with Crippen LogP contribution in [0.3, 0.4) is 0 Å². The summed E-state index contributed by atoms with van der Waals surface area (Å²) in [7, 11) is 5.46. The SMILES string of the molecule is C=CC(=O)N1CCN(C(=O)c2cc(Sc3cnc(NC(=O)c4cccc(CN(C)C)c4)s3)c(C)cc2OC)C[C@H]1C#N. The zero-order chi connectivity index (χ0) is 30.4. The van der Waals surface area contributed by atoms with Crippen molar-refractivity contribution in [1.29, 1.82) is 5.26 Å². The third kappa shape index (κ3) is 7.17. The molecule has 3 aromatic rings. The predicted molar refractivity (Wildman–Crippen MR) is 163 cm³/mol. The van der Waals surface area contributed by atoms with E-state index in [2.05, 4.69) is 22.9 Å². The van der Waals surface area contributed by atoms with Crippen LogP contribution >= 0.6 is 23.1 Å². The molecule has 3 amide bonds. The molecular weight excluding hydrogens is 573 g/mol. The minimum Gasteiger partial charge on any atom is -0.496 e. The summed E-state index contributed by atoms with van der Waals surface area (Å²) >= 11 is 2.77. The fourth-order valence-corrected chi connectivity index (χ4v) is 6.49. The standard InChI is InChI=1S/C30H32N6O4S2/c1-6-26(37)36-11-10-35(18-22(36)15-31)29(39)23-14-25(19(2)12-24(23)40-5)41-27-16-32-30(42-27)33-28(38)21-9-7-8-20(13-21)17-34(3)4/h6-9,12-14,16,22H,1,10-11,17-18H2,2-5H3,(H,32,33,38)/t22-/m1/s1. The number of benzene rings is 2. The number of thiazole rings is 1. The van der Waals surface area contributed by atoms with Crippen molar-refractivity contribution < 1.29 is 19.1 Å². The minimum atomic E-state index is -0.764. The molecule has 1 fully saturated rings.